The second-order valence-electron chi connectivity index (χ2n) is 12.7. The Bertz CT molecular complexity index is 1790. The fourth-order valence-electron chi connectivity index (χ4n) is 7.25. The van der Waals surface area contributed by atoms with Crippen molar-refractivity contribution in [2.75, 3.05) is 43.4 Å². The molecule has 0 amide bonds. The monoisotopic (exact) mass is 692 g/mol. The maximum Gasteiger partial charge on any atom is 0.427 e. The predicted molar refractivity (Wildman–Crippen MR) is 152 cm³/mol. The number of anilines is 2. The molecule has 0 bridgehead atoms. The Balaban J connectivity index is 1.45. The van der Waals surface area contributed by atoms with Crippen LogP contribution in [0.1, 0.15) is 37.4 Å². The lowest BCUT2D eigenvalue weighted by atomic mass is 9.85. The summed E-state index contributed by atoms with van der Waals surface area (Å²) in [5.41, 5.74) is -0.0439. The lowest BCUT2D eigenvalue weighted by Crippen LogP contribution is -2.64. The van der Waals surface area contributed by atoms with Gasteiger partial charge in [-0.05, 0) is 25.8 Å². The van der Waals surface area contributed by atoms with E-state index in [1.165, 1.54) is 4.90 Å². The van der Waals surface area contributed by atoms with Crippen LogP contribution in [0.2, 0.25) is 0 Å². The third kappa shape index (κ3) is 5.28. The number of nitrogens with one attached hydrogen (secondary N) is 1. The van der Waals surface area contributed by atoms with Crippen LogP contribution < -0.4 is 25.4 Å². The molecule has 3 N–H and O–H groups in total. The number of ether oxygens (including phenoxy) is 2. The Hall–Kier alpha value is -3.87. The van der Waals surface area contributed by atoms with Gasteiger partial charge in [0.1, 0.15) is 34.8 Å². The zero-order valence-corrected chi connectivity index (χ0v) is 25.4. The van der Waals surface area contributed by atoms with Crippen LogP contribution in [-0.4, -0.2) is 93.4 Å². The number of nitrogens with zero attached hydrogens (tertiary/aromatic N) is 6. The van der Waals surface area contributed by atoms with Gasteiger partial charge in [-0.2, -0.15) is 36.3 Å². The van der Waals surface area contributed by atoms with Crippen molar-refractivity contribution in [3.8, 4) is 23.1 Å². The summed E-state index contributed by atoms with van der Waals surface area (Å²) >= 11 is 0. The summed E-state index contributed by atoms with van der Waals surface area (Å²) in [6.45, 7) is 2.06. The number of aromatic nitrogens is 4. The molecule has 19 heteroatoms. The Kier molecular flexibility index (Phi) is 7.36. The first-order valence-electron chi connectivity index (χ1n) is 15.2. The van der Waals surface area contributed by atoms with Gasteiger partial charge in [0.15, 0.2) is 5.82 Å². The lowest BCUT2D eigenvalue weighted by Gasteiger charge is -2.46. The predicted octanol–water partition coefficient (Wildman–Crippen LogP) is 4.88. The lowest BCUT2D eigenvalue weighted by molar-refractivity contribution is -0.201. The van der Waals surface area contributed by atoms with Crippen molar-refractivity contribution >= 4 is 22.5 Å². The van der Waals surface area contributed by atoms with Crippen LogP contribution in [0.15, 0.2) is 6.07 Å². The molecule has 7 heterocycles. The summed E-state index contributed by atoms with van der Waals surface area (Å²) in [6.07, 6.45) is -12.4. The van der Waals surface area contributed by atoms with Crippen LogP contribution in [-0.2, 0) is 6.18 Å². The second kappa shape index (κ2) is 10.8. The molecule has 3 aromatic rings. The molecule has 3 aromatic heterocycles. The van der Waals surface area contributed by atoms with E-state index in [1.807, 2.05) is 0 Å². The molecular weight excluding hydrogens is 663 g/mol. The van der Waals surface area contributed by atoms with E-state index in [1.54, 1.807) is 11.8 Å². The van der Waals surface area contributed by atoms with Crippen molar-refractivity contribution in [1.82, 2.24) is 30.2 Å². The van der Waals surface area contributed by atoms with Gasteiger partial charge >= 0.3 is 18.4 Å². The Morgan fingerprint density at radius 1 is 1.12 bits per heavy atom. The van der Waals surface area contributed by atoms with Crippen LogP contribution in [0.25, 0.3) is 22.2 Å². The van der Waals surface area contributed by atoms with Crippen molar-refractivity contribution < 1.29 is 49.0 Å². The van der Waals surface area contributed by atoms with Gasteiger partial charge in [0.05, 0.1) is 29.4 Å². The molecule has 3 saturated heterocycles. The number of piperazine rings is 1. The first kappa shape index (κ1) is 32.7. The number of alkyl halides is 8. The average Bonchev–Trinajstić information content (AvgIpc) is 3.08. The van der Waals surface area contributed by atoms with E-state index in [2.05, 4.69) is 25.3 Å². The third-order valence-corrected chi connectivity index (χ3v) is 9.58. The molecule has 0 aromatic carbocycles. The summed E-state index contributed by atoms with van der Waals surface area (Å²) in [4.78, 5) is 18.8. The average molecular weight is 693 g/mol. The van der Waals surface area contributed by atoms with E-state index in [-0.39, 0.29) is 31.6 Å². The van der Waals surface area contributed by atoms with E-state index in [9.17, 15) is 35.1 Å². The molecule has 10 nitrogen and oxygen atoms in total. The van der Waals surface area contributed by atoms with Crippen LogP contribution >= 0.6 is 0 Å². The maximum atomic E-state index is 16.7. The van der Waals surface area contributed by atoms with E-state index in [0.717, 1.165) is 6.92 Å². The highest BCUT2D eigenvalue weighted by Crippen LogP contribution is 2.49. The van der Waals surface area contributed by atoms with E-state index >= 15 is 4.39 Å². The molecule has 4 atom stereocenters. The molecule has 0 unspecified atom stereocenters. The van der Waals surface area contributed by atoms with Gasteiger partial charge in [-0.15, -0.1) is 0 Å². The normalized spacial score (nSPS) is 26.8. The minimum atomic E-state index is -5.10. The van der Waals surface area contributed by atoms with Crippen LogP contribution in [0, 0.1) is 12.7 Å². The number of aryl methyl sites for hydroxylation is 1. The molecule has 4 aliphatic rings. The summed E-state index contributed by atoms with van der Waals surface area (Å²) in [5, 5.41) is 2.61. The first-order chi connectivity index (χ1) is 22.4. The largest absolute Gasteiger partial charge is 0.462 e. The number of halogens is 9. The standard InChI is InChI=1S/C29H29F9N8O2/c1-3-13-8-46-15(7-40-13)22(29(36,37)38)48-24-17-21(19(30)20(42-24)14-6-16(39)41-12(2)18(14)28(33,34)35)43-25(44-23(17)46)47-11-26-4-5-45(26)10-27(31,32)9-26/h6,13,15,22,40H,3-5,7-11H2,1-2H3,(H2,39,41)/t13-,15+,22-,26+/m1/s1. The Labute approximate surface area is 266 Å². The van der Waals surface area contributed by atoms with Gasteiger partial charge in [0.25, 0.3) is 5.92 Å². The number of fused-ring (bicyclic) bond motifs is 3. The quantitative estimate of drug-likeness (QED) is 0.359. The number of nitrogen functional groups attached to an aromatic ring is 1. The van der Waals surface area contributed by atoms with Gasteiger partial charge in [0, 0.05) is 37.7 Å². The van der Waals surface area contributed by atoms with Crippen molar-refractivity contribution in [2.24, 2.45) is 0 Å². The molecule has 260 valence electrons. The molecule has 48 heavy (non-hydrogen) atoms. The van der Waals surface area contributed by atoms with Crippen molar-refractivity contribution in [2.45, 2.75) is 75.1 Å². The smallest absolute Gasteiger partial charge is 0.427 e. The highest BCUT2D eigenvalue weighted by Gasteiger charge is 2.60. The van der Waals surface area contributed by atoms with Gasteiger partial charge in [-0.3, -0.25) is 4.90 Å². The molecule has 7 rings (SSSR count). The van der Waals surface area contributed by atoms with Crippen molar-refractivity contribution in [3.63, 3.8) is 0 Å². The van der Waals surface area contributed by atoms with Crippen LogP contribution in [0.4, 0.5) is 51.1 Å². The van der Waals surface area contributed by atoms with E-state index < -0.39 is 106 Å². The number of rotatable bonds is 5. The number of hydrogen-bond donors (Lipinski definition) is 2. The molecule has 0 aliphatic carbocycles. The topological polar surface area (TPSA) is 115 Å². The molecule has 4 aliphatic heterocycles. The second-order valence-corrected chi connectivity index (χ2v) is 12.7. The fraction of sp³-hybridized carbons (Fsp3) is 0.586. The Morgan fingerprint density at radius 2 is 1.88 bits per heavy atom. The minimum Gasteiger partial charge on any atom is -0.462 e. The van der Waals surface area contributed by atoms with Crippen molar-refractivity contribution in [3.05, 3.63) is 23.1 Å². The fourth-order valence-corrected chi connectivity index (χ4v) is 7.25. The number of nitrogens with two attached hydrogens (primary N) is 1. The van der Waals surface area contributed by atoms with Gasteiger partial charge in [-0.1, -0.05) is 6.92 Å². The first-order valence-corrected chi connectivity index (χ1v) is 15.2. The Morgan fingerprint density at radius 3 is 2.50 bits per heavy atom. The van der Waals surface area contributed by atoms with Crippen LogP contribution in [0.5, 0.6) is 11.9 Å². The highest BCUT2D eigenvalue weighted by atomic mass is 19.4. The van der Waals surface area contributed by atoms with E-state index in [4.69, 9.17) is 15.2 Å². The maximum absolute atomic E-state index is 16.7. The third-order valence-electron chi connectivity index (χ3n) is 9.58. The van der Waals surface area contributed by atoms with Gasteiger partial charge < -0.3 is 25.4 Å². The summed E-state index contributed by atoms with van der Waals surface area (Å²) in [7, 11) is 0. The number of pyridine rings is 2. The summed E-state index contributed by atoms with van der Waals surface area (Å²) < 4.78 is 143. The molecule has 3 fully saturated rings. The molecular formula is C29H29F9N8O2. The SMILES string of the molecule is CC[C@@H]1CN2c3nc(OC[C@@]45CCN4CC(F)(F)C5)nc4c(F)c(-c5cc(N)nc(C)c5C(F)(F)F)nc(c34)O[C@@H](C(F)(F)F)[C@@H]2CN1. The van der Waals surface area contributed by atoms with Crippen LogP contribution in [0.3, 0.4) is 0 Å². The molecule has 0 radical (unpaired) electrons. The summed E-state index contributed by atoms with van der Waals surface area (Å²) in [5.74, 6) is -5.96. The zero-order chi connectivity index (χ0) is 34.6. The van der Waals surface area contributed by atoms with Gasteiger partial charge in [0.2, 0.25) is 12.0 Å². The van der Waals surface area contributed by atoms with E-state index in [0.29, 0.717) is 25.5 Å². The molecule has 0 spiro atoms. The zero-order valence-electron chi connectivity index (χ0n) is 25.4. The molecule has 0 saturated carbocycles. The van der Waals surface area contributed by atoms with Gasteiger partial charge in [-0.25, -0.2) is 23.1 Å². The van der Waals surface area contributed by atoms with Crippen molar-refractivity contribution in [1.29, 1.82) is 0 Å². The minimum absolute atomic E-state index is 0.0479. The highest BCUT2D eigenvalue weighted by molar-refractivity contribution is 5.97. The number of hydrogen-bond acceptors (Lipinski definition) is 10. The summed E-state index contributed by atoms with van der Waals surface area (Å²) in [6, 6.07) is -1.66.